The van der Waals surface area contributed by atoms with E-state index in [1.54, 1.807) is 19.2 Å². The highest BCUT2D eigenvalue weighted by molar-refractivity contribution is 6.03. The Kier molecular flexibility index (Phi) is 6.26. The van der Waals surface area contributed by atoms with Crippen molar-refractivity contribution in [1.82, 2.24) is 10.2 Å². The minimum atomic E-state index is -0.261. The first-order valence-electron chi connectivity index (χ1n) is 7.97. The van der Waals surface area contributed by atoms with Crippen LogP contribution in [-0.2, 0) is 4.74 Å². The number of carbonyl (C=O) groups excluding carboxylic acids is 1. The maximum atomic E-state index is 12.4. The van der Waals surface area contributed by atoms with Crippen molar-refractivity contribution in [1.29, 1.82) is 0 Å². The predicted molar refractivity (Wildman–Crippen MR) is 95.6 cm³/mol. The second-order valence-electron chi connectivity index (χ2n) is 5.80. The van der Waals surface area contributed by atoms with Gasteiger partial charge in [-0.25, -0.2) is 0 Å². The highest BCUT2D eigenvalue weighted by Crippen LogP contribution is 2.22. The molecular formula is C18H24N4O2. The van der Waals surface area contributed by atoms with Crippen LogP contribution in [-0.4, -0.2) is 36.4 Å². The van der Waals surface area contributed by atoms with Gasteiger partial charge in [0.05, 0.1) is 0 Å². The highest BCUT2D eigenvalue weighted by Gasteiger charge is 2.12. The van der Waals surface area contributed by atoms with Gasteiger partial charge in [-0.15, -0.1) is 10.2 Å². The van der Waals surface area contributed by atoms with Gasteiger partial charge in [-0.1, -0.05) is 17.7 Å². The van der Waals surface area contributed by atoms with Crippen molar-refractivity contribution in [2.75, 3.05) is 30.9 Å². The average molecular weight is 328 g/mol. The molecule has 6 nitrogen and oxygen atoms in total. The molecule has 1 heterocycles. The Labute approximate surface area is 142 Å². The maximum absolute atomic E-state index is 12.4. The summed E-state index contributed by atoms with van der Waals surface area (Å²) in [6.45, 7) is 7.43. The van der Waals surface area contributed by atoms with Gasteiger partial charge in [-0.05, 0) is 50.5 Å². The number of rotatable bonds is 7. The third-order valence-corrected chi connectivity index (χ3v) is 3.64. The SMILES string of the molecule is COCCCNc1ccc(C(=O)Nc2c(C)cc(C)cc2C)nn1. The molecule has 0 bridgehead atoms. The van der Waals surface area contributed by atoms with Crippen LogP contribution in [0.3, 0.4) is 0 Å². The van der Waals surface area contributed by atoms with Crippen molar-refractivity contribution in [3.05, 3.63) is 46.6 Å². The fraction of sp³-hybridized carbons (Fsp3) is 0.389. The lowest BCUT2D eigenvalue weighted by atomic mass is 10.1. The molecule has 0 aliphatic carbocycles. The Morgan fingerprint density at radius 2 is 1.83 bits per heavy atom. The van der Waals surface area contributed by atoms with Crippen LogP contribution in [0.1, 0.15) is 33.6 Å². The standard InChI is InChI=1S/C18H24N4O2/c1-12-10-13(2)17(14(3)11-12)20-18(23)15-6-7-16(22-21-15)19-8-5-9-24-4/h6-7,10-11H,5,8-9H2,1-4H3,(H,19,22)(H,20,23). The maximum Gasteiger partial charge on any atom is 0.276 e. The zero-order chi connectivity index (χ0) is 17.5. The molecule has 0 saturated heterocycles. The minimum absolute atomic E-state index is 0.261. The van der Waals surface area contributed by atoms with Crippen LogP contribution in [0.4, 0.5) is 11.5 Å². The zero-order valence-electron chi connectivity index (χ0n) is 14.6. The van der Waals surface area contributed by atoms with Crippen molar-refractivity contribution < 1.29 is 9.53 Å². The van der Waals surface area contributed by atoms with Crippen molar-refractivity contribution in [3.63, 3.8) is 0 Å². The Morgan fingerprint density at radius 3 is 2.42 bits per heavy atom. The first kappa shape index (κ1) is 17.9. The normalized spacial score (nSPS) is 10.5. The number of carbonyl (C=O) groups is 1. The van der Waals surface area contributed by atoms with Gasteiger partial charge >= 0.3 is 0 Å². The Morgan fingerprint density at radius 1 is 1.12 bits per heavy atom. The number of nitrogens with one attached hydrogen (secondary N) is 2. The number of nitrogens with zero attached hydrogens (tertiary/aromatic N) is 2. The van der Waals surface area contributed by atoms with Crippen molar-refractivity contribution >= 4 is 17.4 Å². The Bertz CT molecular complexity index is 676. The van der Waals surface area contributed by atoms with E-state index in [2.05, 4.69) is 20.8 Å². The van der Waals surface area contributed by atoms with Crippen molar-refractivity contribution in [2.45, 2.75) is 27.2 Å². The second kappa shape index (κ2) is 8.40. The lowest BCUT2D eigenvalue weighted by molar-refractivity contribution is 0.102. The van der Waals surface area contributed by atoms with E-state index in [-0.39, 0.29) is 11.6 Å². The minimum Gasteiger partial charge on any atom is -0.385 e. The molecule has 0 atom stereocenters. The van der Waals surface area contributed by atoms with Gasteiger partial charge in [0.15, 0.2) is 5.69 Å². The number of aromatic nitrogens is 2. The highest BCUT2D eigenvalue weighted by atomic mass is 16.5. The fourth-order valence-electron chi connectivity index (χ4n) is 2.54. The molecule has 0 unspecified atom stereocenters. The number of benzene rings is 1. The number of ether oxygens (including phenoxy) is 1. The summed E-state index contributed by atoms with van der Waals surface area (Å²) in [7, 11) is 1.67. The summed E-state index contributed by atoms with van der Waals surface area (Å²) in [6, 6.07) is 7.51. The van der Waals surface area contributed by atoms with E-state index in [4.69, 9.17) is 4.74 Å². The Balaban J connectivity index is 2.00. The van der Waals surface area contributed by atoms with Gasteiger partial charge in [-0.3, -0.25) is 4.79 Å². The van der Waals surface area contributed by atoms with Gasteiger partial charge < -0.3 is 15.4 Å². The van der Waals surface area contributed by atoms with Crippen LogP contribution in [0.15, 0.2) is 24.3 Å². The molecular weight excluding hydrogens is 304 g/mol. The molecule has 128 valence electrons. The average Bonchev–Trinajstić information content (AvgIpc) is 2.55. The van der Waals surface area contributed by atoms with E-state index in [1.807, 2.05) is 32.9 Å². The molecule has 2 N–H and O–H groups in total. The number of amides is 1. The summed E-state index contributed by atoms with van der Waals surface area (Å²) in [4.78, 5) is 12.4. The molecule has 1 amide bonds. The summed E-state index contributed by atoms with van der Waals surface area (Å²) in [5.41, 5.74) is 4.35. The van der Waals surface area contributed by atoms with Crippen LogP contribution >= 0.6 is 0 Å². The van der Waals surface area contributed by atoms with Crippen LogP contribution in [0.25, 0.3) is 0 Å². The van der Waals surface area contributed by atoms with Crippen molar-refractivity contribution in [3.8, 4) is 0 Å². The van der Waals surface area contributed by atoms with E-state index < -0.39 is 0 Å². The predicted octanol–water partition coefficient (Wildman–Crippen LogP) is 3.10. The van der Waals surface area contributed by atoms with Gasteiger partial charge in [0.25, 0.3) is 5.91 Å². The molecule has 0 radical (unpaired) electrons. The zero-order valence-corrected chi connectivity index (χ0v) is 14.6. The van der Waals surface area contributed by atoms with E-state index in [1.165, 1.54) is 5.56 Å². The third kappa shape index (κ3) is 4.76. The number of aryl methyl sites for hydroxylation is 3. The quantitative estimate of drug-likeness (QED) is 0.764. The molecule has 2 aromatic rings. The molecule has 1 aromatic carbocycles. The summed E-state index contributed by atoms with van der Waals surface area (Å²) in [5.74, 6) is 0.383. The van der Waals surface area contributed by atoms with Crippen LogP contribution < -0.4 is 10.6 Å². The number of hydrogen-bond acceptors (Lipinski definition) is 5. The molecule has 0 spiro atoms. The second-order valence-corrected chi connectivity index (χ2v) is 5.80. The van der Waals surface area contributed by atoms with Gasteiger partial charge in [0, 0.05) is 25.9 Å². The van der Waals surface area contributed by atoms with Gasteiger partial charge in [0.2, 0.25) is 0 Å². The molecule has 0 aliphatic rings. The largest absolute Gasteiger partial charge is 0.385 e. The van der Waals surface area contributed by atoms with Gasteiger partial charge in [0.1, 0.15) is 5.82 Å². The lowest BCUT2D eigenvalue weighted by Crippen LogP contribution is -2.16. The number of methoxy groups -OCH3 is 1. The fourth-order valence-corrected chi connectivity index (χ4v) is 2.54. The molecule has 6 heteroatoms. The summed E-state index contributed by atoms with van der Waals surface area (Å²) in [5, 5.41) is 14.1. The molecule has 2 rings (SSSR count). The molecule has 0 aliphatic heterocycles. The summed E-state index contributed by atoms with van der Waals surface area (Å²) >= 11 is 0. The van der Waals surface area contributed by atoms with Crippen LogP contribution in [0, 0.1) is 20.8 Å². The molecule has 24 heavy (non-hydrogen) atoms. The van der Waals surface area contributed by atoms with Crippen LogP contribution in [0.5, 0.6) is 0 Å². The van der Waals surface area contributed by atoms with Crippen molar-refractivity contribution in [2.24, 2.45) is 0 Å². The van der Waals surface area contributed by atoms with Gasteiger partial charge in [-0.2, -0.15) is 0 Å². The number of hydrogen-bond donors (Lipinski definition) is 2. The Hall–Kier alpha value is -2.47. The topological polar surface area (TPSA) is 76.1 Å². The first-order chi connectivity index (χ1) is 11.5. The van der Waals surface area contributed by atoms with E-state index in [0.717, 1.165) is 29.8 Å². The summed E-state index contributed by atoms with van der Waals surface area (Å²) < 4.78 is 4.98. The summed E-state index contributed by atoms with van der Waals surface area (Å²) in [6.07, 6.45) is 0.881. The lowest BCUT2D eigenvalue weighted by Gasteiger charge is -2.12. The van der Waals surface area contributed by atoms with Crippen LogP contribution in [0.2, 0.25) is 0 Å². The first-order valence-corrected chi connectivity index (χ1v) is 7.97. The van der Waals surface area contributed by atoms with E-state index in [9.17, 15) is 4.79 Å². The molecule has 0 saturated carbocycles. The molecule has 1 aromatic heterocycles. The molecule has 0 fully saturated rings. The smallest absolute Gasteiger partial charge is 0.276 e. The van der Waals surface area contributed by atoms with E-state index >= 15 is 0 Å². The third-order valence-electron chi connectivity index (χ3n) is 3.64. The monoisotopic (exact) mass is 328 g/mol. The van der Waals surface area contributed by atoms with E-state index in [0.29, 0.717) is 12.4 Å². The number of anilines is 2.